The maximum Gasteiger partial charge on any atom is 0.234 e. The molecule has 7 nitrogen and oxygen atoms in total. The SMILES string of the molecule is CN(c1cccc(Cl)c1)c1ncnc(NCCOCCO)n1. The predicted octanol–water partition coefficient (Wildman–Crippen LogP) is 1.71. The molecule has 1 aromatic carbocycles. The van der Waals surface area contributed by atoms with Crippen molar-refractivity contribution < 1.29 is 9.84 Å². The molecule has 1 heterocycles. The van der Waals surface area contributed by atoms with Crippen molar-refractivity contribution >= 4 is 29.2 Å². The Morgan fingerprint density at radius 1 is 1.32 bits per heavy atom. The molecule has 0 saturated carbocycles. The van der Waals surface area contributed by atoms with Gasteiger partial charge in [-0.15, -0.1) is 0 Å². The number of nitrogens with one attached hydrogen (secondary N) is 1. The zero-order valence-electron chi connectivity index (χ0n) is 12.2. The molecule has 0 aliphatic rings. The van der Waals surface area contributed by atoms with E-state index in [4.69, 9.17) is 21.4 Å². The Morgan fingerprint density at radius 3 is 2.95 bits per heavy atom. The number of aliphatic hydroxyl groups is 1. The number of hydrogen-bond acceptors (Lipinski definition) is 7. The second kappa shape index (κ2) is 8.47. The highest BCUT2D eigenvalue weighted by atomic mass is 35.5. The molecule has 1 aromatic heterocycles. The standard InChI is InChI=1S/C14H18ClN5O2/c1-20(12-4-2-3-11(15)9-12)14-18-10-17-13(19-14)16-5-7-22-8-6-21/h2-4,9-10,21H,5-8H2,1H3,(H,16,17,18,19). The lowest BCUT2D eigenvalue weighted by molar-refractivity contribution is 0.0991. The van der Waals surface area contributed by atoms with E-state index in [1.54, 1.807) is 0 Å². The number of ether oxygens (including phenoxy) is 1. The highest BCUT2D eigenvalue weighted by Gasteiger charge is 2.08. The summed E-state index contributed by atoms with van der Waals surface area (Å²) in [4.78, 5) is 14.4. The van der Waals surface area contributed by atoms with Gasteiger partial charge in [-0.25, -0.2) is 9.97 Å². The Morgan fingerprint density at radius 2 is 2.18 bits per heavy atom. The van der Waals surface area contributed by atoms with Crippen molar-refractivity contribution in [2.24, 2.45) is 0 Å². The van der Waals surface area contributed by atoms with Gasteiger partial charge in [0.1, 0.15) is 6.33 Å². The molecular weight excluding hydrogens is 306 g/mol. The molecule has 0 aliphatic heterocycles. The first-order valence-electron chi connectivity index (χ1n) is 6.81. The van der Waals surface area contributed by atoms with Crippen molar-refractivity contribution in [2.45, 2.75) is 0 Å². The van der Waals surface area contributed by atoms with Crippen molar-refractivity contribution in [3.63, 3.8) is 0 Å². The molecule has 0 fully saturated rings. The van der Waals surface area contributed by atoms with Crippen LogP contribution in [0, 0.1) is 0 Å². The molecule has 0 atom stereocenters. The first-order valence-corrected chi connectivity index (χ1v) is 7.19. The minimum absolute atomic E-state index is 0.0142. The molecule has 118 valence electrons. The molecule has 0 saturated heterocycles. The summed E-state index contributed by atoms with van der Waals surface area (Å²) < 4.78 is 5.16. The molecule has 2 aromatic rings. The molecule has 0 unspecified atom stereocenters. The van der Waals surface area contributed by atoms with Crippen molar-refractivity contribution in [3.8, 4) is 0 Å². The molecule has 2 rings (SSSR count). The minimum atomic E-state index is 0.0142. The highest BCUT2D eigenvalue weighted by molar-refractivity contribution is 6.30. The van der Waals surface area contributed by atoms with Crippen molar-refractivity contribution in [3.05, 3.63) is 35.6 Å². The van der Waals surface area contributed by atoms with Crippen LogP contribution in [0.2, 0.25) is 5.02 Å². The maximum atomic E-state index is 8.61. The molecule has 0 bridgehead atoms. The first kappa shape index (κ1) is 16.4. The second-order valence-corrected chi connectivity index (χ2v) is 4.85. The summed E-state index contributed by atoms with van der Waals surface area (Å²) in [5.41, 5.74) is 0.885. The van der Waals surface area contributed by atoms with E-state index in [0.29, 0.717) is 36.7 Å². The van der Waals surface area contributed by atoms with Gasteiger partial charge in [0, 0.05) is 24.3 Å². The Kier molecular flexibility index (Phi) is 6.32. The molecule has 2 N–H and O–H groups in total. The van der Waals surface area contributed by atoms with Gasteiger partial charge >= 0.3 is 0 Å². The largest absolute Gasteiger partial charge is 0.394 e. The van der Waals surface area contributed by atoms with Gasteiger partial charge in [0.05, 0.1) is 19.8 Å². The van der Waals surface area contributed by atoms with Crippen molar-refractivity contribution in [2.75, 3.05) is 43.6 Å². The number of benzene rings is 1. The maximum absolute atomic E-state index is 8.61. The first-order chi connectivity index (χ1) is 10.7. The van der Waals surface area contributed by atoms with E-state index < -0.39 is 0 Å². The summed E-state index contributed by atoms with van der Waals surface area (Å²) >= 11 is 5.99. The van der Waals surface area contributed by atoms with Crippen LogP contribution in [0.25, 0.3) is 0 Å². The number of anilines is 3. The van der Waals surface area contributed by atoms with E-state index in [1.165, 1.54) is 6.33 Å². The summed E-state index contributed by atoms with van der Waals surface area (Å²) in [6, 6.07) is 7.44. The fraction of sp³-hybridized carbons (Fsp3) is 0.357. The quantitative estimate of drug-likeness (QED) is 0.715. The van der Waals surface area contributed by atoms with Gasteiger partial charge in [0.25, 0.3) is 0 Å². The van der Waals surface area contributed by atoms with E-state index in [2.05, 4.69) is 20.3 Å². The zero-order chi connectivity index (χ0) is 15.8. The van der Waals surface area contributed by atoms with Crippen LogP contribution in [0.1, 0.15) is 0 Å². The Hall–Kier alpha value is -1.96. The topological polar surface area (TPSA) is 83.4 Å². The minimum Gasteiger partial charge on any atom is -0.394 e. The number of aliphatic hydroxyl groups excluding tert-OH is 1. The summed E-state index contributed by atoms with van der Waals surface area (Å²) in [6.07, 6.45) is 1.44. The van der Waals surface area contributed by atoms with Gasteiger partial charge in [-0.2, -0.15) is 4.98 Å². The van der Waals surface area contributed by atoms with Gasteiger partial charge in [-0.05, 0) is 18.2 Å². The van der Waals surface area contributed by atoms with Gasteiger partial charge in [-0.3, -0.25) is 0 Å². The van der Waals surface area contributed by atoms with E-state index >= 15 is 0 Å². The van der Waals surface area contributed by atoms with Crippen LogP contribution in [0.4, 0.5) is 17.6 Å². The molecule has 0 amide bonds. The van der Waals surface area contributed by atoms with Crippen molar-refractivity contribution in [1.29, 1.82) is 0 Å². The predicted molar refractivity (Wildman–Crippen MR) is 85.7 cm³/mol. The fourth-order valence-electron chi connectivity index (χ4n) is 1.74. The van der Waals surface area contributed by atoms with Crippen LogP contribution in [0.5, 0.6) is 0 Å². The molecule has 22 heavy (non-hydrogen) atoms. The van der Waals surface area contributed by atoms with Crippen LogP contribution < -0.4 is 10.2 Å². The summed E-state index contributed by atoms with van der Waals surface area (Å²) in [5.74, 6) is 0.975. The van der Waals surface area contributed by atoms with E-state index in [9.17, 15) is 0 Å². The molecule has 0 radical (unpaired) electrons. The molecule has 0 spiro atoms. The summed E-state index contributed by atoms with van der Waals surface area (Å²) in [6.45, 7) is 1.35. The lowest BCUT2D eigenvalue weighted by Crippen LogP contribution is -2.17. The Balaban J connectivity index is 1.98. The third-order valence-corrected chi connectivity index (χ3v) is 3.05. The van der Waals surface area contributed by atoms with E-state index in [-0.39, 0.29) is 6.61 Å². The van der Waals surface area contributed by atoms with Crippen LogP contribution in [-0.2, 0) is 4.74 Å². The Labute approximate surface area is 133 Å². The third kappa shape index (κ3) is 4.80. The van der Waals surface area contributed by atoms with E-state index in [0.717, 1.165) is 5.69 Å². The van der Waals surface area contributed by atoms with Crippen LogP contribution >= 0.6 is 11.6 Å². The number of aromatic nitrogens is 3. The molecule has 8 heteroatoms. The number of nitrogens with zero attached hydrogens (tertiary/aromatic N) is 4. The van der Waals surface area contributed by atoms with Crippen LogP contribution in [-0.4, -0.2) is 53.5 Å². The van der Waals surface area contributed by atoms with Gasteiger partial charge in [0.2, 0.25) is 11.9 Å². The average molecular weight is 324 g/mol. The molecule has 0 aliphatic carbocycles. The fourth-order valence-corrected chi connectivity index (χ4v) is 1.92. The summed E-state index contributed by atoms with van der Waals surface area (Å²) in [7, 11) is 1.86. The smallest absolute Gasteiger partial charge is 0.234 e. The monoisotopic (exact) mass is 323 g/mol. The van der Waals surface area contributed by atoms with Gasteiger partial charge < -0.3 is 20.1 Å². The van der Waals surface area contributed by atoms with Gasteiger partial charge in [-0.1, -0.05) is 17.7 Å². The number of hydrogen-bond donors (Lipinski definition) is 2. The summed E-state index contributed by atoms with van der Waals surface area (Å²) in [5, 5.41) is 12.3. The zero-order valence-corrected chi connectivity index (χ0v) is 13.0. The lowest BCUT2D eigenvalue weighted by Gasteiger charge is -2.17. The number of rotatable bonds is 8. The molecular formula is C14H18ClN5O2. The third-order valence-electron chi connectivity index (χ3n) is 2.82. The number of halogens is 1. The average Bonchev–Trinajstić information content (AvgIpc) is 2.54. The lowest BCUT2D eigenvalue weighted by atomic mass is 10.3. The van der Waals surface area contributed by atoms with Crippen molar-refractivity contribution in [1.82, 2.24) is 15.0 Å². The van der Waals surface area contributed by atoms with E-state index in [1.807, 2.05) is 36.2 Å². The Bertz CT molecular complexity index is 599. The van der Waals surface area contributed by atoms with Crippen LogP contribution in [0.3, 0.4) is 0 Å². The van der Waals surface area contributed by atoms with Gasteiger partial charge in [0.15, 0.2) is 0 Å². The normalized spacial score (nSPS) is 10.5. The van der Waals surface area contributed by atoms with Crippen LogP contribution in [0.15, 0.2) is 30.6 Å². The second-order valence-electron chi connectivity index (χ2n) is 4.41. The highest BCUT2D eigenvalue weighted by Crippen LogP contribution is 2.23.